The molecule has 1 aromatic carbocycles. The number of carbonyl (C=O) groups is 2. The number of carboxylic acids is 1. The summed E-state index contributed by atoms with van der Waals surface area (Å²) in [6, 6.07) is 3.17. The van der Waals surface area contributed by atoms with Crippen molar-refractivity contribution in [3.63, 3.8) is 0 Å². The maximum atomic E-state index is 13.2. The summed E-state index contributed by atoms with van der Waals surface area (Å²) in [5, 5.41) is 9.36. The van der Waals surface area contributed by atoms with E-state index in [9.17, 15) is 27.9 Å². The predicted molar refractivity (Wildman–Crippen MR) is 105 cm³/mol. The van der Waals surface area contributed by atoms with Crippen molar-refractivity contribution in [2.45, 2.75) is 57.5 Å². The number of hydrogen-bond donors (Lipinski definition) is 1. The van der Waals surface area contributed by atoms with E-state index < -0.39 is 35.0 Å². The lowest BCUT2D eigenvalue weighted by atomic mass is 10.1. The number of rotatable bonds is 5. The van der Waals surface area contributed by atoms with Gasteiger partial charge in [-0.05, 0) is 32.9 Å². The Kier molecular flexibility index (Phi) is 6.14. The van der Waals surface area contributed by atoms with Gasteiger partial charge in [0.2, 0.25) is 5.60 Å². The molecule has 172 valence electrons. The van der Waals surface area contributed by atoms with Crippen LogP contribution < -0.4 is 4.74 Å². The smallest absolute Gasteiger partial charge is 0.416 e. The van der Waals surface area contributed by atoms with Gasteiger partial charge in [-0.3, -0.25) is 4.90 Å². The van der Waals surface area contributed by atoms with E-state index in [0.717, 1.165) is 12.1 Å². The zero-order valence-corrected chi connectivity index (χ0v) is 17.8. The number of alkyl halides is 3. The number of piperazine rings is 1. The molecule has 1 aliphatic carbocycles. The first kappa shape index (κ1) is 23.2. The zero-order valence-electron chi connectivity index (χ0n) is 17.8. The van der Waals surface area contributed by atoms with Gasteiger partial charge in [0.25, 0.3) is 0 Å². The number of benzene rings is 1. The van der Waals surface area contributed by atoms with Crippen molar-refractivity contribution in [3.8, 4) is 5.75 Å². The molecule has 31 heavy (non-hydrogen) atoms. The van der Waals surface area contributed by atoms with Crippen LogP contribution in [-0.2, 0) is 22.3 Å². The van der Waals surface area contributed by atoms with Crippen LogP contribution in [0.5, 0.6) is 5.75 Å². The second kappa shape index (κ2) is 8.22. The van der Waals surface area contributed by atoms with E-state index >= 15 is 0 Å². The van der Waals surface area contributed by atoms with Gasteiger partial charge in [-0.15, -0.1) is 0 Å². The van der Waals surface area contributed by atoms with Gasteiger partial charge in [-0.2, -0.15) is 13.2 Å². The average Bonchev–Trinajstić information content (AvgIpc) is 3.42. The first-order valence-corrected chi connectivity index (χ1v) is 10.1. The summed E-state index contributed by atoms with van der Waals surface area (Å²) in [5.74, 6) is -1.24. The SMILES string of the molecule is CC(C)(C)OC(=O)N1CCN(Cc2ccc(C(F)(F)F)cc2OC2(C(=O)O)CC2)CC1. The van der Waals surface area contributed by atoms with Crippen LogP contribution in [0.2, 0.25) is 0 Å². The third kappa shape index (κ3) is 5.81. The van der Waals surface area contributed by atoms with Gasteiger partial charge in [-0.1, -0.05) is 6.07 Å². The quantitative estimate of drug-likeness (QED) is 0.745. The Hall–Kier alpha value is -2.49. The summed E-state index contributed by atoms with van der Waals surface area (Å²) in [7, 11) is 0. The molecule has 0 unspecified atom stereocenters. The third-order valence-electron chi connectivity index (χ3n) is 5.21. The highest BCUT2D eigenvalue weighted by Gasteiger charge is 2.54. The van der Waals surface area contributed by atoms with E-state index in [4.69, 9.17) is 9.47 Å². The molecule has 0 bridgehead atoms. The van der Waals surface area contributed by atoms with Gasteiger partial charge < -0.3 is 19.5 Å². The Balaban J connectivity index is 1.70. The molecule has 1 N–H and O–H groups in total. The van der Waals surface area contributed by atoms with Gasteiger partial charge in [0.05, 0.1) is 5.56 Å². The van der Waals surface area contributed by atoms with Crippen LogP contribution in [-0.4, -0.2) is 64.4 Å². The first-order valence-electron chi connectivity index (χ1n) is 10.1. The number of amides is 1. The molecule has 10 heteroatoms. The molecule has 1 aromatic rings. The van der Waals surface area contributed by atoms with Crippen molar-refractivity contribution in [3.05, 3.63) is 29.3 Å². The normalized spacial score (nSPS) is 19.1. The predicted octanol–water partition coefficient (Wildman–Crippen LogP) is 3.75. The molecule has 1 saturated carbocycles. The van der Waals surface area contributed by atoms with E-state index in [-0.39, 0.29) is 25.1 Å². The molecule has 1 amide bonds. The van der Waals surface area contributed by atoms with E-state index in [1.165, 1.54) is 6.07 Å². The summed E-state index contributed by atoms with van der Waals surface area (Å²) in [6.07, 6.45) is -4.45. The van der Waals surface area contributed by atoms with E-state index in [1.807, 2.05) is 4.90 Å². The summed E-state index contributed by atoms with van der Waals surface area (Å²) in [5.41, 5.74) is -2.45. The molecule has 1 heterocycles. The fraction of sp³-hybridized carbons (Fsp3) is 0.619. The van der Waals surface area contributed by atoms with Gasteiger partial charge in [-0.25, -0.2) is 9.59 Å². The number of ether oxygens (including phenoxy) is 2. The summed E-state index contributed by atoms with van der Waals surface area (Å²) >= 11 is 0. The van der Waals surface area contributed by atoms with Gasteiger partial charge >= 0.3 is 18.2 Å². The number of aliphatic carboxylic acids is 1. The molecule has 0 radical (unpaired) electrons. The standard InChI is InChI=1S/C21H27F3N2O5/c1-19(2,3)31-18(29)26-10-8-25(9-11-26)13-14-4-5-15(21(22,23)24)12-16(14)30-20(6-7-20)17(27)28/h4-5,12H,6-11,13H2,1-3H3,(H,27,28). The van der Waals surface area contributed by atoms with Gasteiger partial charge in [0.15, 0.2) is 0 Å². The second-order valence-electron chi connectivity index (χ2n) is 8.97. The highest BCUT2D eigenvalue weighted by molar-refractivity contribution is 5.81. The van der Waals surface area contributed by atoms with E-state index in [2.05, 4.69) is 0 Å². The molecular weight excluding hydrogens is 417 g/mol. The maximum Gasteiger partial charge on any atom is 0.416 e. The first-order chi connectivity index (χ1) is 14.3. The molecule has 1 saturated heterocycles. The van der Waals surface area contributed by atoms with Gasteiger partial charge in [0, 0.05) is 51.1 Å². The number of nitrogens with zero attached hydrogens (tertiary/aromatic N) is 2. The molecule has 0 spiro atoms. The minimum Gasteiger partial charge on any atom is -0.478 e. The van der Waals surface area contributed by atoms with Crippen molar-refractivity contribution in [1.82, 2.24) is 9.80 Å². The molecular formula is C21H27F3N2O5. The van der Waals surface area contributed by atoms with Crippen molar-refractivity contribution in [2.24, 2.45) is 0 Å². The molecule has 7 nitrogen and oxygen atoms in total. The van der Waals surface area contributed by atoms with Crippen LogP contribution in [0.4, 0.5) is 18.0 Å². The molecule has 0 atom stereocenters. The van der Waals surface area contributed by atoms with Crippen molar-refractivity contribution in [1.29, 1.82) is 0 Å². The van der Waals surface area contributed by atoms with Crippen LogP contribution >= 0.6 is 0 Å². The monoisotopic (exact) mass is 444 g/mol. The topological polar surface area (TPSA) is 79.3 Å². The van der Waals surface area contributed by atoms with Crippen LogP contribution in [0.15, 0.2) is 18.2 Å². The summed E-state index contributed by atoms with van der Waals surface area (Å²) in [6.45, 7) is 7.50. The van der Waals surface area contributed by atoms with Crippen molar-refractivity contribution >= 4 is 12.1 Å². The maximum absolute atomic E-state index is 13.2. The second-order valence-corrected chi connectivity index (χ2v) is 8.97. The van der Waals surface area contributed by atoms with Crippen LogP contribution in [0, 0.1) is 0 Å². The fourth-order valence-corrected chi connectivity index (χ4v) is 3.30. The Labute approximate surface area is 178 Å². The number of hydrogen-bond acceptors (Lipinski definition) is 5. The summed E-state index contributed by atoms with van der Waals surface area (Å²) in [4.78, 5) is 27.2. The largest absolute Gasteiger partial charge is 0.478 e. The van der Waals surface area contributed by atoms with Gasteiger partial charge in [0.1, 0.15) is 11.4 Å². The minimum absolute atomic E-state index is 0.0655. The zero-order chi connectivity index (χ0) is 23.0. The lowest BCUT2D eigenvalue weighted by Gasteiger charge is -2.35. The molecule has 3 rings (SSSR count). The van der Waals surface area contributed by atoms with Crippen LogP contribution in [0.1, 0.15) is 44.7 Å². The van der Waals surface area contributed by atoms with E-state index in [1.54, 1.807) is 25.7 Å². The lowest BCUT2D eigenvalue weighted by Crippen LogP contribution is -2.49. The average molecular weight is 444 g/mol. The molecule has 2 aliphatic rings. The highest BCUT2D eigenvalue weighted by Crippen LogP contribution is 2.43. The van der Waals surface area contributed by atoms with Crippen LogP contribution in [0.25, 0.3) is 0 Å². The highest BCUT2D eigenvalue weighted by atomic mass is 19.4. The fourth-order valence-electron chi connectivity index (χ4n) is 3.30. The van der Waals surface area contributed by atoms with E-state index in [0.29, 0.717) is 31.7 Å². The Morgan fingerprint density at radius 3 is 2.19 bits per heavy atom. The lowest BCUT2D eigenvalue weighted by molar-refractivity contribution is -0.147. The summed E-state index contributed by atoms with van der Waals surface area (Å²) < 4.78 is 50.5. The number of carboxylic acid groups (broad SMARTS) is 1. The Bertz CT molecular complexity index is 838. The molecule has 2 fully saturated rings. The molecule has 0 aromatic heterocycles. The minimum atomic E-state index is -4.56. The number of halogens is 3. The molecule has 1 aliphatic heterocycles. The number of carbonyl (C=O) groups excluding carboxylic acids is 1. The van der Waals surface area contributed by atoms with Crippen LogP contribution in [0.3, 0.4) is 0 Å². The Morgan fingerprint density at radius 2 is 1.71 bits per heavy atom. The van der Waals surface area contributed by atoms with Crippen molar-refractivity contribution in [2.75, 3.05) is 26.2 Å². The third-order valence-corrected chi connectivity index (χ3v) is 5.21. The van der Waals surface area contributed by atoms with Crippen molar-refractivity contribution < 1.29 is 37.3 Å². The Morgan fingerprint density at radius 1 is 1.10 bits per heavy atom.